The van der Waals surface area contributed by atoms with Crippen LogP contribution in [0.15, 0.2) is 46.7 Å². The molecule has 0 fully saturated rings. The second kappa shape index (κ2) is 4.97. The first-order valence-electron chi connectivity index (χ1n) is 4.44. The third-order valence-electron chi connectivity index (χ3n) is 1.79. The Morgan fingerprint density at radius 3 is 2.81 bits per heavy atom. The van der Waals surface area contributed by atoms with Gasteiger partial charge < -0.3 is 0 Å². The molecule has 3 nitrogen and oxygen atoms in total. The lowest BCUT2D eigenvalue weighted by Gasteiger charge is -2.01. The molecule has 0 bridgehead atoms. The minimum Gasteiger partial charge on any atom is -0.248 e. The Hall–Kier alpha value is -1.57. The Bertz CT molecular complexity index is 534. The maximum atomic E-state index is 8.90. The van der Waals surface area contributed by atoms with E-state index in [9.17, 15) is 0 Å². The molecule has 16 heavy (non-hydrogen) atoms. The van der Waals surface area contributed by atoms with Gasteiger partial charge in [0.1, 0.15) is 16.1 Å². The van der Waals surface area contributed by atoms with Crippen LogP contribution in [0.1, 0.15) is 5.56 Å². The predicted octanol–water partition coefficient (Wildman–Crippen LogP) is 3.15. The van der Waals surface area contributed by atoms with E-state index < -0.39 is 0 Å². The molecular weight excluding hydrogens is 242 g/mol. The Morgan fingerprint density at radius 1 is 1.25 bits per heavy atom. The van der Waals surface area contributed by atoms with Crippen molar-refractivity contribution in [2.75, 3.05) is 0 Å². The molecule has 2 heterocycles. The van der Waals surface area contributed by atoms with Crippen LogP contribution in [-0.4, -0.2) is 9.97 Å². The van der Waals surface area contributed by atoms with Crippen molar-refractivity contribution in [2.45, 2.75) is 10.1 Å². The van der Waals surface area contributed by atoms with Crippen molar-refractivity contribution < 1.29 is 0 Å². The van der Waals surface area contributed by atoms with Gasteiger partial charge in [-0.05, 0) is 36.0 Å². The van der Waals surface area contributed by atoms with Crippen LogP contribution in [0.5, 0.6) is 0 Å². The van der Waals surface area contributed by atoms with Crippen molar-refractivity contribution in [3.8, 4) is 6.07 Å². The first-order valence-corrected chi connectivity index (χ1v) is 5.63. The monoisotopic (exact) mass is 247 g/mol. The molecule has 2 aromatic heterocycles. The second-order valence-electron chi connectivity index (χ2n) is 2.88. The number of nitriles is 1. The third-order valence-corrected chi connectivity index (χ3v) is 2.99. The maximum Gasteiger partial charge on any atom is 0.120 e. The van der Waals surface area contributed by atoms with Crippen LogP contribution in [0.25, 0.3) is 0 Å². The maximum absolute atomic E-state index is 8.90. The highest BCUT2D eigenvalue weighted by atomic mass is 35.5. The summed E-state index contributed by atoms with van der Waals surface area (Å²) in [6.07, 6.45) is 3.22. The SMILES string of the molecule is N#Cc1cccnc1Sc1ccc(Cl)cn1. The van der Waals surface area contributed by atoms with E-state index in [1.165, 1.54) is 11.8 Å². The molecular formula is C11H6ClN3S. The summed E-state index contributed by atoms with van der Waals surface area (Å²) in [4.78, 5) is 8.27. The topological polar surface area (TPSA) is 49.6 Å². The van der Waals surface area contributed by atoms with Crippen molar-refractivity contribution in [2.24, 2.45) is 0 Å². The number of hydrogen-bond donors (Lipinski definition) is 0. The molecule has 0 unspecified atom stereocenters. The van der Waals surface area contributed by atoms with E-state index in [0.29, 0.717) is 15.6 Å². The molecule has 0 spiro atoms. The molecule has 0 aliphatic rings. The average molecular weight is 248 g/mol. The molecule has 2 aromatic rings. The van der Waals surface area contributed by atoms with Crippen molar-refractivity contribution in [3.05, 3.63) is 47.2 Å². The fourth-order valence-electron chi connectivity index (χ4n) is 1.08. The molecule has 78 valence electrons. The van der Waals surface area contributed by atoms with Crippen LogP contribution in [0.2, 0.25) is 5.02 Å². The Balaban J connectivity index is 2.27. The van der Waals surface area contributed by atoms with Gasteiger partial charge in [0, 0.05) is 12.4 Å². The normalized spacial score (nSPS) is 9.75. The standard InChI is InChI=1S/C11H6ClN3S/c12-9-3-4-10(15-7-9)16-11-8(6-13)2-1-5-14-11/h1-5,7H. The number of aromatic nitrogens is 2. The summed E-state index contributed by atoms with van der Waals surface area (Å²) >= 11 is 7.08. The molecule has 0 aliphatic carbocycles. The van der Waals surface area contributed by atoms with Crippen molar-refractivity contribution >= 4 is 23.4 Å². The summed E-state index contributed by atoms with van der Waals surface area (Å²) in [6.45, 7) is 0. The van der Waals surface area contributed by atoms with Crippen LogP contribution in [0.4, 0.5) is 0 Å². The average Bonchev–Trinajstić information content (AvgIpc) is 2.33. The predicted molar refractivity (Wildman–Crippen MR) is 62.3 cm³/mol. The highest BCUT2D eigenvalue weighted by Gasteiger charge is 2.05. The zero-order valence-electron chi connectivity index (χ0n) is 8.09. The van der Waals surface area contributed by atoms with E-state index in [-0.39, 0.29) is 0 Å². The zero-order valence-corrected chi connectivity index (χ0v) is 9.66. The van der Waals surface area contributed by atoms with Crippen LogP contribution < -0.4 is 0 Å². The zero-order chi connectivity index (χ0) is 11.4. The van der Waals surface area contributed by atoms with Gasteiger partial charge in [-0.25, -0.2) is 9.97 Å². The number of nitrogens with zero attached hydrogens (tertiary/aromatic N) is 3. The quantitative estimate of drug-likeness (QED) is 0.818. The van der Waals surface area contributed by atoms with Gasteiger partial charge in [-0.3, -0.25) is 0 Å². The molecule has 0 amide bonds. The van der Waals surface area contributed by atoms with Crippen LogP contribution in [-0.2, 0) is 0 Å². The summed E-state index contributed by atoms with van der Waals surface area (Å²) in [5.74, 6) is 0. The van der Waals surface area contributed by atoms with Crippen molar-refractivity contribution in [3.63, 3.8) is 0 Å². The van der Waals surface area contributed by atoms with Crippen LogP contribution in [0.3, 0.4) is 0 Å². The Kier molecular flexibility index (Phi) is 3.40. The lowest BCUT2D eigenvalue weighted by molar-refractivity contribution is 1.08. The van der Waals surface area contributed by atoms with Gasteiger partial charge >= 0.3 is 0 Å². The number of hydrogen-bond acceptors (Lipinski definition) is 4. The summed E-state index contributed by atoms with van der Waals surface area (Å²) in [7, 11) is 0. The molecule has 0 saturated carbocycles. The lowest BCUT2D eigenvalue weighted by atomic mass is 10.3. The van der Waals surface area contributed by atoms with Crippen LogP contribution >= 0.6 is 23.4 Å². The fraction of sp³-hybridized carbons (Fsp3) is 0. The second-order valence-corrected chi connectivity index (χ2v) is 4.33. The van der Waals surface area contributed by atoms with E-state index in [0.717, 1.165) is 5.03 Å². The molecule has 0 aromatic carbocycles. The largest absolute Gasteiger partial charge is 0.248 e. The fourth-order valence-corrected chi connectivity index (χ4v) is 1.97. The molecule has 0 aliphatic heterocycles. The van der Waals surface area contributed by atoms with Gasteiger partial charge in [0.25, 0.3) is 0 Å². The molecule has 2 rings (SSSR count). The van der Waals surface area contributed by atoms with Gasteiger partial charge in [0.05, 0.1) is 10.6 Å². The molecule has 5 heteroatoms. The number of rotatable bonds is 2. The summed E-state index contributed by atoms with van der Waals surface area (Å²) < 4.78 is 0. The van der Waals surface area contributed by atoms with Gasteiger partial charge in [0.2, 0.25) is 0 Å². The molecule has 0 N–H and O–H groups in total. The first-order chi connectivity index (χ1) is 7.79. The molecule has 0 radical (unpaired) electrons. The minimum absolute atomic E-state index is 0.546. The Labute approximate surface area is 102 Å². The highest BCUT2D eigenvalue weighted by molar-refractivity contribution is 7.99. The van der Waals surface area contributed by atoms with Gasteiger partial charge in [0.15, 0.2) is 0 Å². The van der Waals surface area contributed by atoms with E-state index in [2.05, 4.69) is 16.0 Å². The van der Waals surface area contributed by atoms with Gasteiger partial charge in [-0.2, -0.15) is 5.26 Å². The van der Waals surface area contributed by atoms with E-state index in [1.807, 2.05) is 0 Å². The van der Waals surface area contributed by atoms with Crippen LogP contribution in [0, 0.1) is 11.3 Å². The van der Waals surface area contributed by atoms with Gasteiger partial charge in [-0.1, -0.05) is 11.6 Å². The third kappa shape index (κ3) is 2.51. The van der Waals surface area contributed by atoms with E-state index in [4.69, 9.17) is 16.9 Å². The Morgan fingerprint density at radius 2 is 2.12 bits per heavy atom. The number of halogens is 1. The number of pyridine rings is 2. The highest BCUT2D eigenvalue weighted by Crippen LogP contribution is 2.26. The molecule has 0 saturated heterocycles. The smallest absolute Gasteiger partial charge is 0.120 e. The molecule has 0 atom stereocenters. The van der Waals surface area contributed by atoms with Crippen molar-refractivity contribution in [1.29, 1.82) is 5.26 Å². The van der Waals surface area contributed by atoms with Crippen molar-refractivity contribution in [1.82, 2.24) is 9.97 Å². The first kappa shape index (κ1) is 10.9. The minimum atomic E-state index is 0.546. The van der Waals surface area contributed by atoms with Gasteiger partial charge in [-0.15, -0.1) is 0 Å². The van der Waals surface area contributed by atoms with E-state index in [1.54, 1.807) is 36.7 Å². The lowest BCUT2D eigenvalue weighted by Crippen LogP contribution is -1.86. The van der Waals surface area contributed by atoms with E-state index >= 15 is 0 Å². The summed E-state index contributed by atoms with van der Waals surface area (Å²) in [5, 5.41) is 10.9. The summed E-state index contributed by atoms with van der Waals surface area (Å²) in [6, 6.07) is 9.10. The summed E-state index contributed by atoms with van der Waals surface area (Å²) in [5.41, 5.74) is 0.546.